The summed E-state index contributed by atoms with van der Waals surface area (Å²) >= 11 is 3.53. The molecule has 0 spiro atoms. The molecule has 2 unspecified atom stereocenters. The van der Waals surface area contributed by atoms with Crippen LogP contribution >= 0.6 is 15.9 Å². The molecule has 0 amide bonds. The van der Waals surface area contributed by atoms with Crippen LogP contribution in [0.4, 0.5) is 0 Å². The minimum absolute atomic E-state index is 0.153. The molecule has 1 aliphatic rings. The van der Waals surface area contributed by atoms with Gasteiger partial charge in [0.05, 0.1) is 21.9 Å². The van der Waals surface area contributed by atoms with Crippen LogP contribution < -0.4 is 5.32 Å². The molecular weight excluding hydrogens is 322 g/mol. The van der Waals surface area contributed by atoms with E-state index in [0.717, 1.165) is 35.2 Å². The number of aryl methyl sites for hydroxylation is 1. The van der Waals surface area contributed by atoms with E-state index < -0.39 is 11.5 Å². The maximum absolute atomic E-state index is 11.7. The van der Waals surface area contributed by atoms with Crippen molar-refractivity contribution in [3.8, 4) is 0 Å². The van der Waals surface area contributed by atoms with Gasteiger partial charge in [-0.3, -0.25) is 9.48 Å². The lowest BCUT2D eigenvalue weighted by molar-refractivity contribution is -0.144. The lowest BCUT2D eigenvalue weighted by Crippen LogP contribution is -2.50. The maximum Gasteiger partial charge on any atom is 0.323 e. The van der Waals surface area contributed by atoms with Crippen molar-refractivity contribution in [3.05, 3.63) is 15.9 Å². The zero-order valence-electron chi connectivity index (χ0n) is 12.2. The van der Waals surface area contributed by atoms with E-state index in [9.17, 15) is 9.90 Å². The smallest absolute Gasteiger partial charge is 0.323 e. The minimum Gasteiger partial charge on any atom is -0.480 e. The van der Waals surface area contributed by atoms with Gasteiger partial charge in [0.15, 0.2) is 0 Å². The molecule has 112 valence electrons. The van der Waals surface area contributed by atoms with Gasteiger partial charge in [-0.15, -0.1) is 0 Å². The summed E-state index contributed by atoms with van der Waals surface area (Å²) in [6.07, 6.45) is 3.03. The van der Waals surface area contributed by atoms with Crippen LogP contribution in [0.2, 0.25) is 0 Å². The third kappa shape index (κ3) is 2.63. The first-order chi connectivity index (χ1) is 9.41. The molecule has 1 saturated carbocycles. The summed E-state index contributed by atoms with van der Waals surface area (Å²) in [4.78, 5) is 11.7. The number of aliphatic carboxylic acids is 1. The highest BCUT2D eigenvalue weighted by atomic mass is 79.9. The Morgan fingerprint density at radius 3 is 2.80 bits per heavy atom. The third-order valence-electron chi connectivity index (χ3n) is 4.19. The normalized spacial score (nSPS) is 26.1. The van der Waals surface area contributed by atoms with Gasteiger partial charge in [0, 0.05) is 0 Å². The molecule has 1 fully saturated rings. The van der Waals surface area contributed by atoms with Crippen molar-refractivity contribution in [2.45, 2.75) is 58.0 Å². The highest BCUT2D eigenvalue weighted by molar-refractivity contribution is 9.10. The molecule has 20 heavy (non-hydrogen) atoms. The SMILES string of the molecule is CCCNC1(C(=O)O)CCC(n2nc(C)c(Br)c2C)C1. The summed E-state index contributed by atoms with van der Waals surface area (Å²) in [6, 6.07) is 0.153. The average Bonchev–Trinajstić information content (AvgIpc) is 2.95. The Hall–Kier alpha value is -0.880. The van der Waals surface area contributed by atoms with E-state index in [1.165, 1.54) is 0 Å². The number of aromatic nitrogens is 2. The first kappa shape index (κ1) is 15.5. The molecule has 2 atom stereocenters. The summed E-state index contributed by atoms with van der Waals surface area (Å²) in [7, 11) is 0. The number of hydrogen-bond donors (Lipinski definition) is 2. The van der Waals surface area contributed by atoms with E-state index >= 15 is 0 Å². The van der Waals surface area contributed by atoms with E-state index in [-0.39, 0.29) is 6.04 Å². The van der Waals surface area contributed by atoms with Gasteiger partial charge in [0.2, 0.25) is 0 Å². The minimum atomic E-state index is -0.792. The maximum atomic E-state index is 11.7. The van der Waals surface area contributed by atoms with Gasteiger partial charge in [0.1, 0.15) is 5.54 Å². The van der Waals surface area contributed by atoms with Crippen molar-refractivity contribution in [3.63, 3.8) is 0 Å². The molecule has 0 radical (unpaired) electrons. The topological polar surface area (TPSA) is 67.2 Å². The summed E-state index contributed by atoms with van der Waals surface area (Å²) in [6.45, 7) is 6.76. The first-order valence-corrected chi connectivity index (χ1v) is 7.90. The number of halogens is 1. The van der Waals surface area contributed by atoms with Crippen molar-refractivity contribution < 1.29 is 9.90 Å². The summed E-state index contributed by atoms with van der Waals surface area (Å²) < 4.78 is 3.00. The number of rotatable bonds is 5. The number of hydrogen-bond acceptors (Lipinski definition) is 3. The van der Waals surface area contributed by atoms with Gasteiger partial charge in [-0.05, 0) is 62.0 Å². The van der Waals surface area contributed by atoms with Crippen LogP contribution in [0, 0.1) is 13.8 Å². The van der Waals surface area contributed by atoms with Crippen LogP contribution in [0.3, 0.4) is 0 Å². The number of carbonyl (C=O) groups is 1. The third-order valence-corrected chi connectivity index (χ3v) is 5.34. The Balaban J connectivity index is 2.21. The Bertz CT molecular complexity index is 515. The van der Waals surface area contributed by atoms with Crippen molar-refractivity contribution in [1.29, 1.82) is 0 Å². The predicted octanol–water partition coefficient (Wildman–Crippen LogP) is 2.81. The Morgan fingerprint density at radius 1 is 1.60 bits per heavy atom. The zero-order valence-corrected chi connectivity index (χ0v) is 13.8. The van der Waals surface area contributed by atoms with E-state index in [2.05, 4.69) is 26.3 Å². The van der Waals surface area contributed by atoms with E-state index in [1.54, 1.807) is 0 Å². The second-order valence-electron chi connectivity index (χ2n) is 5.64. The van der Waals surface area contributed by atoms with Crippen molar-refractivity contribution in [1.82, 2.24) is 15.1 Å². The van der Waals surface area contributed by atoms with Crippen molar-refractivity contribution >= 4 is 21.9 Å². The van der Waals surface area contributed by atoms with Gasteiger partial charge < -0.3 is 10.4 Å². The number of carboxylic acids is 1. The fourth-order valence-electron chi connectivity index (χ4n) is 3.02. The molecule has 2 rings (SSSR count). The van der Waals surface area contributed by atoms with Crippen LogP contribution in [0.5, 0.6) is 0 Å². The lowest BCUT2D eigenvalue weighted by atomic mass is 9.97. The molecule has 6 heteroatoms. The highest BCUT2D eigenvalue weighted by Crippen LogP contribution is 2.39. The van der Waals surface area contributed by atoms with Crippen LogP contribution in [-0.4, -0.2) is 32.9 Å². The molecule has 1 aliphatic carbocycles. The van der Waals surface area contributed by atoms with Crippen LogP contribution in [0.1, 0.15) is 50.0 Å². The highest BCUT2D eigenvalue weighted by Gasteiger charge is 2.46. The van der Waals surface area contributed by atoms with Gasteiger partial charge >= 0.3 is 5.97 Å². The molecule has 0 saturated heterocycles. The Labute approximate surface area is 127 Å². The molecular formula is C14H22BrN3O2. The van der Waals surface area contributed by atoms with Crippen molar-refractivity contribution in [2.24, 2.45) is 0 Å². The van der Waals surface area contributed by atoms with Gasteiger partial charge in [-0.2, -0.15) is 5.10 Å². The summed E-state index contributed by atoms with van der Waals surface area (Å²) in [5.41, 5.74) is 1.24. The Kier molecular flexibility index (Phi) is 4.54. The molecule has 1 aromatic rings. The molecule has 2 N–H and O–H groups in total. The van der Waals surface area contributed by atoms with E-state index in [4.69, 9.17) is 0 Å². The van der Waals surface area contributed by atoms with Crippen LogP contribution in [0.25, 0.3) is 0 Å². The van der Waals surface area contributed by atoms with Crippen molar-refractivity contribution in [2.75, 3.05) is 6.54 Å². The number of nitrogens with zero attached hydrogens (tertiary/aromatic N) is 2. The quantitative estimate of drug-likeness (QED) is 0.862. The number of nitrogens with one attached hydrogen (secondary N) is 1. The average molecular weight is 344 g/mol. The monoisotopic (exact) mass is 343 g/mol. The summed E-state index contributed by atoms with van der Waals surface area (Å²) in [5.74, 6) is -0.742. The fraction of sp³-hybridized carbons (Fsp3) is 0.714. The second kappa shape index (κ2) is 5.85. The second-order valence-corrected chi connectivity index (χ2v) is 6.43. The first-order valence-electron chi connectivity index (χ1n) is 7.11. The molecule has 0 bridgehead atoms. The van der Waals surface area contributed by atoms with E-state index in [0.29, 0.717) is 12.8 Å². The fourth-order valence-corrected chi connectivity index (χ4v) is 3.28. The van der Waals surface area contributed by atoms with Crippen LogP contribution in [-0.2, 0) is 4.79 Å². The standard InChI is InChI=1S/C14H22BrN3O2/c1-4-7-16-14(13(19)20)6-5-11(8-14)18-10(3)12(15)9(2)17-18/h11,16H,4-8H2,1-3H3,(H,19,20). The zero-order chi connectivity index (χ0) is 14.9. The number of carboxylic acid groups (broad SMARTS) is 1. The van der Waals surface area contributed by atoms with Gasteiger partial charge in [-0.25, -0.2) is 0 Å². The van der Waals surface area contributed by atoms with E-state index in [1.807, 2.05) is 25.5 Å². The molecule has 1 aromatic heterocycles. The lowest BCUT2D eigenvalue weighted by Gasteiger charge is -2.26. The largest absolute Gasteiger partial charge is 0.480 e. The Morgan fingerprint density at radius 2 is 2.30 bits per heavy atom. The van der Waals surface area contributed by atoms with Gasteiger partial charge in [-0.1, -0.05) is 6.92 Å². The molecule has 0 aliphatic heterocycles. The van der Waals surface area contributed by atoms with Crippen LogP contribution in [0.15, 0.2) is 4.47 Å². The predicted molar refractivity (Wildman–Crippen MR) is 80.9 cm³/mol. The van der Waals surface area contributed by atoms with Gasteiger partial charge in [0.25, 0.3) is 0 Å². The molecule has 5 nitrogen and oxygen atoms in total. The molecule has 1 heterocycles. The summed E-state index contributed by atoms with van der Waals surface area (Å²) in [5, 5.41) is 17.4. The molecule has 0 aromatic carbocycles.